The minimum absolute atomic E-state index is 0.130. The van der Waals surface area contributed by atoms with Crippen LogP contribution in [0.3, 0.4) is 0 Å². The van der Waals surface area contributed by atoms with Gasteiger partial charge in [0.15, 0.2) is 0 Å². The summed E-state index contributed by atoms with van der Waals surface area (Å²) < 4.78 is 0. The van der Waals surface area contributed by atoms with Gasteiger partial charge in [-0.3, -0.25) is 0 Å². The van der Waals surface area contributed by atoms with Gasteiger partial charge in [-0.25, -0.2) is 0 Å². The van der Waals surface area contributed by atoms with Crippen molar-refractivity contribution in [2.24, 2.45) is 5.73 Å². The van der Waals surface area contributed by atoms with Gasteiger partial charge < -0.3 is 10.6 Å². The van der Waals surface area contributed by atoms with E-state index in [2.05, 4.69) is 43.3 Å². The lowest BCUT2D eigenvalue weighted by Gasteiger charge is -2.09. The summed E-state index contributed by atoms with van der Waals surface area (Å²) in [6, 6.07) is 8.66. The first-order valence-corrected chi connectivity index (χ1v) is 6.21. The summed E-state index contributed by atoms with van der Waals surface area (Å²) in [6.45, 7) is 3.12. The van der Waals surface area contributed by atoms with E-state index in [9.17, 15) is 0 Å². The summed E-state index contributed by atoms with van der Waals surface area (Å²) in [5.41, 5.74) is 6.99. The molecule has 2 nitrogen and oxygen atoms in total. The second-order valence-corrected chi connectivity index (χ2v) is 5.18. The standard InChI is InChI=1S/C12H20N2S/c1-10(13)11-4-6-12(7-5-11)15-9-8-14(2)3/h4-7,10H,8-9,13H2,1-3H3. The first-order chi connectivity index (χ1) is 7.09. The molecule has 15 heavy (non-hydrogen) atoms. The van der Waals surface area contributed by atoms with E-state index in [1.807, 2.05) is 18.7 Å². The smallest absolute Gasteiger partial charge is 0.0266 e. The fraction of sp³-hybridized carbons (Fsp3) is 0.500. The van der Waals surface area contributed by atoms with Crippen molar-refractivity contribution in [1.82, 2.24) is 4.90 Å². The van der Waals surface area contributed by atoms with E-state index in [-0.39, 0.29) is 6.04 Å². The molecule has 3 heteroatoms. The minimum atomic E-state index is 0.130. The topological polar surface area (TPSA) is 29.3 Å². The van der Waals surface area contributed by atoms with Gasteiger partial charge in [-0.15, -0.1) is 11.8 Å². The lowest BCUT2D eigenvalue weighted by atomic mass is 10.1. The largest absolute Gasteiger partial charge is 0.324 e. The zero-order valence-electron chi connectivity index (χ0n) is 9.73. The molecule has 84 valence electrons. The van der Waals surface area contributed by atoms with Crippen molar-refractivity contribution < 1.29 is 0 Å². The molecular formula is C12H20N2S. The van der Waals surface area contributed by atoms with Gasteiger partial charge in [0, 0.05) is 23.2 Å². The Balaban J connectivity index is 2.43. The zero-order valence-corrected chi connectivity index (χ0v) is 10.6. The van der Waals surface area contributed by atoms with E-state index >= 15 is 0 Å². The van der Waals surface area contributed by atoms with Gasteiger partial charge >= 0.3 is 0 Å². The van der Waals surface area contributed by atoms with E-state index in [1.54, 1.807) is 0 Å². The summed E-state index contributed by atoms with van der Waals surface area (Å²) in [4.78, 5) is 3.52. The molecule has 0 saturated carbocycles. The number of hydrogen-bond acceptors (Lipinski definition) is 3. The van der Waals surface area contributed by atoms with Crippen molar-refractivity contribution >= 4 is 11.8 Å². The Bertz CT molecular complexity index is 280. The zero-order chi connectivity index (χ0) is 11.3. The van der Waals surface area contributed by atoms with Gasteiger partial charge in [0.2, 0.25) is 0 Å². The summed E-state index contributed by atoms with van der Waals surface area (Å²) >= 11 is 1.89. The predicted octanol–water partition coefficient (Wildman–Crippen LogP) is 2.36. The minimum Gasteiger partial charge on any atom is -0.324 e. The van der Waals surface area contributed by atoms with Crippen LogP contribution in [0.2, 0.25) is 0 Å². The van der Waals surface area contributed by atoms with Crippen LogP contribution >= 0.6 is 11.8 Å². The van der Waals surface area contributed by atoms with Crippen LogP contribution < -0.4 is 5.73 Å². The average Bonchev–Trinajstić information content (AvgIpc) is 2.18. The van der Waals surface area contributed by atoms with Crippen molar-refractivity contribution in [1.29, 1.82) is 0 Å². The van der Waals surface area contributed by atoms with E-state index in [4.69, 9.17) is 5.73 Å². The van der Waals surface area contributed by atoms with Crippen molar-refractivity contribution in [2.45, 2.75) is 17.9 Å². The Morgan fingerprint density at radius 3 is 2.33 bits per heavy atom. The molecule has 0 spiro atoms. The Kier molecular flexibility index (Phi) is 5.15. The number of nitrogens with two attached hydrogens (primary N) is 1. The molecule has 0 saturated heterocycles. The molecule has 0 amide bonds. The van der Waals surface area contributed by atoms with Gasteiger partial charge in [0.25, 0.3) is 0 Å². The first-order valence-electron chi connectivity index (χ1n) is 5.22. The number of thioether (sulfide) groups is 1. The fourth-order valence-corrected chi connectivity index (χ4v) is 2.23. The summed E-state index contributed by atoms with van der Waals surface area (Å²) in [6.07, 6.45) is 0. The van der Waals surface area contributed by atoms with Crippen molar-refractivity contribution in [3.8, 4) is 0 Å². The van der Waals surface area contributed by atoms with Gasteiger partial charge in [0.1, 0.15) is 0 Å². The van der Waals surface area contributed by atoms with Gasteiger partial charge in [-0.2, -0.15) is 0 Å². The average molecular weight is 224 g/mol. The molecule has 0 aromatic heterocycles. The number of benzene rings is 1. The molecule has 1 unspecified atom stereocenters. The fourth-order valence-electron chi connectivity index (χ4n) is 1.21. The van der Waals surface area contributed by atoms with Crippen LogP contribution in [-0.4, -0.2) is 31.3 Å². The monoisotopic (exact) mass is 224 g/mol. The number of nitrogens with zero attached hydrogens (tertiary/aromatic N) is 1. The quantitative estimate of drug-likeness (QED) is 0.779. The lowest BCUT2D eigenvalue weighted by Crippen LogP contribution is -2.14. The molecule has 1 atom stereocenters. The van der Waals surface area contributed by atoms with Crippen LogP contribution in [0.5, 0.6) is 0 Å². The van der Waals surface area contributed by atoms with Gasteiger partial charge in [-0.1, -0.05) is 12.1 Å². The third kappa shape index (κ3) is 4.69. The van der Waals surface area contributed by atoms with Crippen molar-refractivity contribution in [2.75, 3.05) is 26.4 Å². The molecule has 0 bridgehead atoms. The van der Waals surface area contributed by atoms with E-state index in [0.29, 0.717) is 0 Å². The highest BCUT2D eigenvalue weighted by atomic mass is 32.2. The van der Waals surface area contributed by atoms with Crippen LogP contribution in [0, 0.1) is 0 Å². The molecule has 0 fully saturated rings. The Morgan fingerprint density at radius 2 is 1.87 bits per heavy atom. The van der Waals surface area contributed by atoms with Gasteiger partial charge in [-0.05, 0) is 38.7 Å². The molecule has 1 aromatic rings. The van der Waals surface area contributed by atoms with Crippen LogP contribution in [0.1, 0.15) is 18.5 Å². The normalized spacial score (nSPS) is 13.1. The maximum atomic E-state index is 5.79. The summed E-state index contributed by atoms with van der Waals surface area (Å²) in [5.74, 6) is 1.13. The number of hydrogen-bond donors (Lipinski definition) is 1. The Hall–Kier alpha value is -0.510. The van der Waals surface area contributed by atoms with Crippen LogP contribution in [0.15, 0.2) is 29.2 Å². The predicted molar refractivity (Wildman–Crippen MR) is 68.3 cm³/mol. The summed E-state index contributed by atoms with van der Waals surface area (Å²) in [7, 11) is 4.19. The molecule has 1 aromatic carbocycles. The van der Waals surface area contributed by atoms with Crippen LogP contribution in [0.4, 0.5) is 0 Å². The second kappa shape index (κ2) is 6.16. The summed E-state index contributed by atoms with van der Waals surface area (Å²) in [5, 5.41) is 0. The Morgan fingerprint density at radius 1 is 1.27 bits per heavy atom. The third-order valence-electron chi connectivity index (χ3n) is 2.21. The maximum Gasteiger partial charge on any atom is 0.0266 e. The van der Waals surface area contributed by atoms with Crippen molar-refractivity contribution in [3.05, 3.63) is 29.8 Å². The second-order valence-electron chi connectivity index (χ2n) is 4.01. The molecule has 0 aliphatic carbocycles. The van der Waals surface area contributed by atoms with E-state index < -0.39 is 0 Å². The van der Waals surface area contributed by atoms with Crippen molar-refractivity contribution in [3.63, 3.8) is 0 Å². The van der Waals surface area contributed by atoms with E-state index in [0.717, 1.165) is 12.3 Å². The van der Waals surface area contributed by atoms with Crippen LogP contribution in [-0.2, 0) is 0 Å². The molecule has 2 N–H and O–H groups in total. The molecular weight excluding hydrogens is 204 g/mol. The molecule has 0 aliphatic rings. The maximum absolute atomic E-state index is 5.79. The van der Waals surface area contributed by atoms with E-state index in [1.165, 1.54) is 10.5 Å². The SMILES string of the molecule is CC(N)c1ccc(SCCN(C)C)cc1. The highest BCUT2D eigenvalue weighted by Gasteiger charge is 1.99. The highest BCUT2D eigenvalue weighted by molar-refractivity contribution is 7.99. The van der Waals surface area contributed by atoms with Crippen LogP contribution in [0.25, 0.3) is 0 Å². The third-order valence-corrected chi connectivity index (χ3v) is 3.21. The highest BCUT2D eigenvalue weighted by Crippen LogP contribution is 2.20. The first kappa shape index (κ1) is 12.6. The lowest BCUT2D eigenvalue weighted by molar-refractivity contribution is 0.437. The molecule has 0 heterocycles. The number of rotatable bonds is 5. The molecule has 0 aliphatic heterocycles. The Labute approximate surface area is 96.8 Å². The van der Waals surface area contributed by atoms with Gasteiger partial charge in [0.05, 0.1) is 0 Å². The molecule has 1 rings (SSSR count). The molecule has 0 radical (unpaired) electrons.